The maximum Gasteiger partial charge on any atom is 0.291 e. The van der Waals surface area contributed by atoms with Gasteiger partial charge in [-0.15, -0.1) is 0 Å². The minimum atomic E-state index is -0.421. The molecule has 0 fully saturated rings. The maximum atomic E-state index is 12.7. The summed E-state index contributed by atoms with van der Waals surface area (Å²) in [6.45, 7) is 3.35. The number of Topliss-reactive ketones (excluding diaryl/α,β-unsaturated/α-hetero) is 1. The molecule has 0 unspecified atom stereocenters. The second-order valence-corrected chi connectivity index (χ2v) is 5.81. The largest absolute Gasteiger partial charge is 0.454 e. The Bertz CT molecular complexity index is 1020. The number of carbonyl (C=O) groups excluding carboxylic acids is 2. The van der Waals surface area contributed by atoms with E-state index in [0.29, 0.717) is 28.3 Å². The number of furan rings is 1. The zero-order valence-corrected chi connectivity index (χ0v) is 13.7. The predicted octanol–water partition coefficient (Wildman–Crippen LogP) is 3.92. The zero-order valence-electron chi connectivity index (χ0n) is 13.7. The molecule has 0 bridgehead atoms. The van der Waals surface area contributed by atoms with E-state index in [0.717, 1.165) is 10.9 Å². The quantitative estimate of drug-likeness (QED) is 0.733. The highest BCUT2D eigenvalue weighted by Crippen LogP contribution is 2.37. The van der Waals surface area contributed by atoms with E-state index in [1.807, 2.05) is 25.1 Å². The van der Waals surface area contributed by atoms with Gasteiger partial charge in [0.2, 0.25) is 6.79 Å². The first-order valence-corrected chi connectivity index (χ1v) is 7.78. The molecule has 0 saturated heterocycles. The minimum absolute atomic E-state index is 0.0900. The summed E-state index contributed by atoms with van der Waals surface area (Å²) in [6, 6.07) is 10.6. The highest BCUT2D eigenvalue weighted by molar-refractivity contribution is 6.10. The summed E-state index contributed by atoms with van der Waals surface area (Å²) in [6.07, 6.45) is 0. The van der Waals surface area contributed by atoms with E-state index >= 15 is 0 Å². The fraction of sp³-hybridized carbons (Fsp3) is 0.158. The van der Waals surface area contributed by atoms with Crippen LogP contribution in [-0.4, -0.2) is 18.5 Å². The number of aryl methyl sites for hydroxylation is 1. The molecular weight excluding hydrogens is 322 g/mol. The zero-order chi connectivity index (χ0) is 17.6. The second-order valence-electron chi connectivity index (χ2n) is 5.81. The van der Waals surface area contributed by atoms with E-state index in [1.54, 1.807) is 18.2 Å². The number of nitrogens with one attached hydrogen (secondary N) is 1. The van der Waals surface area contributed by atoms with Crippen molar-refractivity contribution in [3.63, 3.8) is 0 Å². The van der Waals surface area contributed by atoms with Crippen molar-refractivity contribution in [1.82, 2.24) is 0 Å². The van der Waals surface area contributed by atoms with Crippen LogP contribution in [-0.2, 0) is 0 Å². The number of para-hydroxylation sites is 1. The van der Waals surface area contributed by atoms with Crippen LogP contribution in [0.15, 0.2) is 40.8 Å². The van der Waals surface area contributed by atoms with Gasteiger partial charge in [-0.3, -0.25) is 9.59 Å². The predicted molar refractivity (Wildman–Crippen MR) is 91.5 cm³/mol. The van der Waals surface area contributed by atoms with Crippen molar-refractivity contribution in [2.24, 2.45) is 0 Å². The third kappa shape index (κ3) is 2.52. The second kappa shape index (κ2) is 5.66. The van der Waals surface area contributed by atoms with Crippen molar-refractivity contribution >= 4 is 28.3 Å². The topological polar surface area (TPSA) is 77.8 Å². The number of ketones is 1. The Kier molecular flexibility index (Phi) is 3.46. The van der Waals surface area contributed by atoms with Gasteiger partial charge in [-0.1, -0.05) is 18.2 Å². The molecule has 6 nitrogen and oxygen atoms in total. The molecule has 1 amide bonds. The number of hydrogen-bond donors (Lipinski definition) is 1. The summed E-state index contributed by atoms with van der Waals surface area (Å²) in [5.74, 6) is 0.586. The molecule has 4 rings (SSSR count). The summed E-state index contributed by atoms with van der Waals surface area (Å²) in [7, 11) is 0. The van der Waals surface area contributed by atoms with Crippen molar-refractivity contribution in [1.29, 1.82) is 0 Å². The molecule has 0 atom stereocenters. The minimum Gasteiger partial charge on any atom is -0.454 e. The molecule has 1 aliphatic heterocycles. The number of hydrogen-bond acceptors (Lipinski definition) is 5. The molecule has 2 heterocycles. The Morgan fingerprint density at radius 1 is 1.08 bits per heavy atom. The Morgan fingerprint density at radius 2 is 1.80 bits per heavy atom. The molecule has 25 heavy (non-hydrogen) atoms. The van der Waals surface area contributed by atoms with Gasteiger partial charge in [-0.05, 0) is 26.0 Å². The Balaban J connectivity index is 1.73. The van der Waals surface area contributed by atoms with Gasteiger partial charge in [-0.2, -0.15) is 0 Å². The molecule has 0 aliphatic carbocycles. The smallest absolute Gasteiger partial charge is 0.291 e. The maximum absolute atomic E-state index is 12.7. The molecule has 1 N–H and O–H groups in total. The number of ether oxygens (including phenoxy) is 2. The molecule has 0 spiro atoms. The first kappa shape index (κ1) is 15.3. The summed E-state index contributed by atoms with van der Waals surface area (Å²) in [4.78, 5) is 24.6. The van der Waals surface area contributed by atoms with Crippen molar-refractivity contribution in [2.45, 2.75) is 13.8 Å². The Morgan fingerprint density at radius 3 is 2.52 bits per heavy atom. The number of benzene rings is 2. The molecule has 1 aromatic heterocycles. The fourth-order valence-electron chi connectivity index (χ4n) is 2.91. The van der Waals surface area contributed by atoms with Crippen LogP contribution >= 0.6 is 0 Å². The van der Waals surface area contributed by atoms with Crippen LogP contribution in [0.5, 0.6) is 11.5 Å². The third-order valence-electron chi connectivity index (χ3n) is 4.19. The first-order valence-electron chi connectivity index (χ1n) is 7.78. The van der Waals surface area contributed by atoms with Crippen molar-refractivity contribution in [3.8, 4) is 11.5 Å². The van der Waals surface area contributed by atoms with Crippen molar-refractivity contribution < 1.29 is 23.5 Å². The highest BCUT2D eigenvalue weighted by Gasteiger charge is 2.23. The number of fused-ring (bicyclic) bond motifs is 2. The van der Waals surface area contributed by atoms with Crippen LogP contribution in [0.3, 0.4) is 0 Å². The first-order chi connectivity index (χ1) is 12.0. The van der Waals surface area contributed by atoms with Gasteiger partial charge in [0.05, 0.1) is 5.69 Å². The lowest BCUT2D eigenvalue weighted by atomic mass is 10.1. The molecule has 1 aliphatic rings. The number of anilines is 1. The van der Waals surface area contributed by atoms with Gasteiger partial charge in [0.1, 0.15) is 5.58 Å². The van der Waals surface area contributed by atoms with E-state index in [2.05, 4.69) is 5.32 Å². The summed E-state index contributed by atoms with van der Waals surface area (Å²) < 4.78 is 16.3. The normalized spacial score (nSPS) is 12.4. The van der Waals surface area contributed by atoms with E-state index in [1.165, 1.54) is 6.92 Å². The van der Waals surface area contributed by atoms with Gasteiger partial charge >= 0.3 is 0 Å². The Labute approximate surface area is 143 Å². The van der Waals surface area contributed by atoms with Crippen LogP contribution in [0.25, 0.3) is 11.0 Å². The number of carbonyl (C=O) groups is 2. The van der Waals surface area contributed by atoms with Crippen LogP contribution < -0.4 is 14.8 Å². The molecule has 0 radical (unpaired) electrons. The van der Waals surface area contributed by atoms with E-state index in [9.17, 15) is 9.59 Å². The lowest BCUT2D eigenvalue weighted by Gasteiger charge is -2.10. The fourth-order valence-corrected chi connectivity index (χ4v) is 2.91. The van der Waals surface area contributed by atoms with Gasteiger partial charge in [0.25, 0.3) is 5.91 Å². The Hall–Kier alpha value is -3.28. The lowest BCUT2D eigenvalue weighted by Crippen LogP contribution is -2.14. The van der Waals surface area contributed by atoms with Crippen LogP contribution in [0.4, 0.5) is 5.69 Å². The van der Waals surface area contributed by atoms with E-state index in [-0.39, 0.29) is 18.3 Å². The SMILES string of the molecule is CC(=O)c1cc2c(cc1NC(=O)c1oc3ccccc3c1C)OCO2. The number of rotatable bonds is 3. The third-order valence-corrected chi connectivity index (χ3v) is 4.19. The molecule has 3 aromatic rings. The van der Waals surface area contributed by atoms with Gasteiger partial charge in [0.15, 0.2) is 23.0 Å². The van der Waals surface area contributed by atoms with E-state index in [4.69, 9.17) is 13.9 Å². The molecule has 6 heteroatoms. The van der Waals surface area contributed by atoms with Gasteiger partial charge < -0.3 is 19.2 Å². The number of amides is 1. The lowest BCUT2D eigenvalue weighted by molar-refractivity contribution is 0.0998. The summed E-state index contributed by atoms with van der Waals surface area (Å²) in [5.41, 5.74) is 2.11. The molecule has 2 aromatic carbocycles. The molecule has 0 saturated carbocycles. The summed E-state index contributed by atoms with van der Waals surface area (Å²) >= 11 is 0. The van der Waals surface area contributed by atoms with Crippen LogP contribution in [0, 0.1) is 6.92 Å². The average Bonchev–Trinajstić information content (AvgIpc) is 3.18. The van der Waals surface area contributed by atoms with Crippen LogP contribution in [0.2, 0.25) is 0 Å². The van der Waals surface area contributed by atoms with Gasteiger partial charge in [-0.25, -0.2) is 0 Å². The molecular formula is C19H15NO5. The van der Waals surface area contributed by atoms with Gasteiger partial charge in [0, 0.05) is 22.6 Å². The molecule has 126 valence electrons. The van der Waals surface area contributed by atoms with Crippen LogP contribution in [0.1, 0.15) is 33.4 Å². The van der Waals surface area contributed by atoms with E-state index < -0.39 is 5.91 Å². The van der Waals surface area contributed by atoms with Crippen molar-refractivity contribution in [2.75, 3.05) is 12.1 Å². The summed E-state index contributed by atoms with van der Waals surface area (Å²) in [5, 5.41) is 3.63. The highest BCUT2D eigenvalue weighted by atomic mass is 16.7. The average molecular weight is 337 g/mol. The monoisotopic (exact) mass is 337 g/mol. The van der Waals surface area contributed by atoms with Crippen molar-refractivity contribution in [3.05, 3.63) is 53.3 Å². The standard InChI is InChI=1S/C19H15NO5/c1-10-12-5-3-4-6-15(12)25-18(10)19(22)20-14-8-17-16(23-9-24-17)7-13(14)11(2)21/h3-8H,9H2,1-2H3,(H,20,22).